The number of rotatable bonds is 1. The van der Waals surface area contributed by atoms with Gasteiger partial charge in [-0.05, 0) is 24.6 Å². The van der Waals surface area contributed by atoms with Crippen LogP contribution in [0.3, 0.4) is 0 Å². The van der Waals surface area contributed by atoms with E-state index in [1.54, 1.807) is 0 Å². The third kappa shape index (κ3) is 2.25. The Labute approximate surface area is 95.4 Å². The average molecular weight is 246 g/mol. The number of hydrogen-bond donors (Lipinski definition) is 1. The highest BCUT2D eigenvalue weighted by molar-refractivity contribution is 5.97. The summed E-state index contributed by atoms with van der Waals surface area (Å²) >= 11 is 0. The largest absolute Gasteiger partial charge is 0.416 e. The van der Waals surface area contributed by atoms with Crippen LogP contribution in [0.1, 0.15) is 18.4 Å². The van der Waals surface area contributed by atoms with Crippen LogP contribution in [-0.2, 0) is 6.18 Å². The van der Waals surface area contributed by atoms with E-state index in [1.807, 2.05) is 0 Å². The van der Waals surface area contributed by atoms with Crippen LogP contribution < -0.4 is 4.90 Å². The highest BCUT2D eigenvalue weighted by atomic mass is 19.4. The van der Waals surface area contributed by atoms with Gasteiger partial charge in [0.25, 0.3) is 0 Å². The molecule has 2 nitrogen and oxygen atoms in total. The fourth-order valence-corrected chi connectivity index (χ4v) is 1.84. The Morgan fingerprint density at radius 3 is 2.47 bits per heavy atom. The van der Waals surface area contributed by atoms with E-state index >= 15 is 0 Å². The van der Waals surface area contributed by atoms with E-state index in [2.05, 4.69) is 0 Å². The molecule has 1 fully saturated rings. The molecule has 0 atom stereocenters. The van der Waals surface area contributed by atoms with Crippen LogP contribution in [0.4, 0.5) is 23.2 Å². The summed E-state index contributed by atoms with van der Waals surface area (Å²) in [5.41, 5.74) is -1.06. The number of hydrogen-bond acceptors (Lipinski definition) is 1. The van der Waals surface area contributed by atoms with E-state index < -0.39 is 17.6 Å². The summed E-state index contributed by atoms with van der Waals surface area (Å²) in [6.45, 7) is 0.386. The van der Waals surface area contributed by atoms with Gasteiger partial charge in [0, 0.05) is 13.0 Å². The summed E-state index contributed by atoms with van der Waals surface area (Å²) in [5, 5.41) is 7.54. The van der Waals surface area contributed by atoms with Crippen molar-refractivity contribution < 1.29 is 17.6 Å². The van der Waals surface area contributed by atoms with Gasteiger partial charge in [-0.2, -0.15) is 13.2 Å². The van der Waals surface area contributed by atoms with Crippen molar-refractivity contribution in [2.75, 3.05) is 11.4 Å². The Morgan fingerprint density at radius 1 is 1.24 bits per heavy atom. The fourth-order valence-electron chi connectivity index (χ4n) is 1.84. The number of benzene rings is 1. The van der Waals surface area contributed by atoms with Gasteiger partial charge >= 0.3 is 6.18 Å². The number of halogens is 4. The van der Waals surface area contributed by atoms with Crippen molar-refractivity contribution in [2.45, 2.75) is 19.0 Å². The quantitative estimate of drug-likeness (QED) is 0.755. The van der Waals surface area contributed by atoms with E-state index in [4.69, 9.17) is 5.41 Å². The molecule has 0 aromatic heterocycles. The van der Waals surface area contributed by atoms with E-state index in [0.717, 1.165) is 12.1 Å². The molecular formula is C11H10F4N2. The van der Waals surface area contributed by atoms with Crippen molar-refractivity contribution in [3.8, 4) is 0 Å². The molecule has 0 amide bonds. The van der Waals surface area contributed by atoms with E-state index in [9.17, 15) is 17.6 Å². The predicted molar refractivity (Wildman–Crippen MR) is 55.7 cm³/mol. The lowest BCUT2D eigenvalue weighted by Gasteiger charge is -2.20. The zero-order valence-electron chi connectivity index (χ0n) is 8.81. The van der Waals surface area contributed by atoms with Crippen LogP contribution >= 0.6 is 0 Å². The standard InChI is InChI=1S/C11H10F4N2/c12-8-4-3-7(11(13,14)15)6-9(8)17-5-1-2-10(17)16/h3-4,6,16H,1-2,5H2. The Bertz CT molecular complexity index is 453. The van der Waals surface area contributed by atoms with Gasteiger partial charge in [0.2, 0.25) is 0 Å². The monoisotopic (exact) mass is 246 g/mol. The first-order valence-electron chi connectivity index (χ1n) is 5.11. The molecule has 92 valence electrons. The Morgan fingerprint density at radius 2 is 1.94 bits per heavy atom. The third-order valence-corrected chi connectivity index (χ3v) is 2.69. The summed E-state index contributed by atoms with van der Waals surface area (Å²) in [6.07, 6.45) is -3.37. The maximum atomic E-state index is 13.5. The minimum atomic E-state index is -4.50. The van der Waals surface area contributed by atoms with E-state index in [-0.39, 0.29) is 11.5 Å². The first kappa shape index (κ1) is 11.9. The second-order valence-electron chi connectivity index (χ2n) is 3.87. The molecule has 1 aromatic carbocycles. The van der Waals surface area contributed by atoms with Crippen molar-refractivity contribution in [3.05, 3.63) is 29.6 Å². The molecule has 1 saturated heterocycles. The average Bonchev–Trinajstić information content (AvgIpc) is 2.63. The molecule has 6 heteroatoms. The number of nitrogens with one attached hydrogen (secondary N) is 1. The third-order valence-electron chi connectivity index (χ3n) is 2.69. The SMILES string of the molecule is N=C1CCCN1c1cc(C(F)(F)F)ccc1F. The molecule has 1 aromatic rings. The van der Waals surface area contributed by atoms with Gasteiger partial charge < -0.3 is 4.90 Å². The molecule has 0 saturated carbocycles. The minimum Gasteiger partial charge on any atom is -0.328 e. The summed E-state index contributed by atoms with van der Waals surface area (Å²) < 4.78 is 50.9. The predicted octanol–water partition coefficient (Wildman–Crippen LogP) is 3.42. The highest BCUT2D eigenvalue weighted by Crippen LogP contribution is 2.34. The Balaban J connectivity index is 2.42. The molecule has 0 bridgehead atoms. The van der Waals surface area contributed by atoms with Crippen molar-refractivity contribution in [3.63, 3.8) is 0 Å². The molecule has 0 aliphatic carbocycles. The zero-order valence-corrected chi connectivity index (χ0v) is 8.81. The van der Waals surface area contributed by atoms with Gasteiger partial charge in [0.1, 0.15) is 11.7 Å². The maximum Gasteiger partial charge on any atom is 0.416 e. The summed E-state index contributed by atoms with van der Waals surface area (Å²) in [5.74, 6) is -0.576. The van der Waals surface area contributed by atoms with Crippen molar-refractivity contribution >= 4 is 11.5 Å². The summed E-state index contributed by atoms with van der Waals surface area (Å²) in [4.78, 5) is 1.28. The van der Waals surface area contributed by atoms with Crippen molar-refractivity contribution in [1.82, 2.24) is 0 Å². The molecule has 1 aliphatic heterocycles. The molecular weight excluding hydrogens is 236 g/mol. The lowest BCUT2D eigenvalue weighted by Crippen LogP contribution is -2.24. The van der Waals surface area contributed by atoms with Gasteiger partial charge in [0.15, 0.2) is 0 Å². The Hall–Kier alpha value is -1.59. The van der Waals surface area contributed by atoms with Crippen LogP contribution in [0.25, 0.3) is 0 Å². The van der Waals surface area contributed by atoms with Crippen LogP contribution in [0, 0.1) is 11.2 Å². The minimum absolute atomic E-state index is 0.156. The zero-order chi connectivity index (χ0) is 12.6. The molecule has 2 rings (SSSR count). The van der Waals surface area contributed by atoms with Gasteiger partial charge in [-0.15, -0.1) is 0 Å². The first-order chi connectivity index (χ1) is 7.89. The molecule has 17 heavy (non-hydrogen) atoms. The summed E-state index contributed by atoms with van der Waals surface area (Å²) in [7, 11) is 0. The van der Waals surface area contributed by atoms with Crippen molar-refractivity contribution in [2.24, 2.45) is 0 Å². The van der Waals surface area contributed by atoms with Gasteiger partial charge in [-0.1, -0.05) is 0 Å². The van der Waals surface area contributed by atoms with E-state index in [0.29, 0.717) is 25.5 Å². The van der Waals surface area contributed by atoms with Crippen LogP contribution in [0.15, 0.2) is 18.2 Å². The van der Waals surface area contributed by atoms with Crippen molar-refractivity contribution in [1.29, 1.82) is 5.41 Å². The first-order valence-corrected chi connectivity index (χ1v) is 5.11. The fraction of sp³-hybridized carbons (Fsp3) is 0.364. The number of alkyl halides is 3. The van der Waals surface area contributed by atoms with Crippen LogP contribution in [0.5, 0.6) is 0 Å². The van der Waals surface area contributed by atoms with Crippen LogP contribution in [0.2, 0.25) is 0 Å². The smallest absolute Gasteiger partial charge is 0.328 e. The van der Waals surface area contributed by atoms with Gasteiger partial charge in [-0.25, -0.2) is 4.39 Å². The molecule has 1 aliphatic rings. The van der Waals surface area contributed by atoms with Gasteiger partial charge in [0.05, 0.1) is 11.3 Å². The summed E-state index contributed by atoms with van der Waals surface area (Å²) in [6, 6.07) is 2.26. The Kier molecular flexibility index (Phi) is 2.81. The number of nitrogens with zero attached hydrogens (tertiary/aromatic N) is 1. The molecule has 0 spiro atoms. The lowest BCUT2D eigenvalue weighted by atomic mass is 10.1. The topological polar surface area (TPSA) is 27.1 Å². The maximum absolute atomic E-state index is 13.5. The van der Waals surface area contributed by atoms with E-state index in [1.165, 1.54) is 4.90 Å². The van der Waals surface area contributed by atoms with Gasteiger partial charge in [-0.3, -0.25) is 5.41 Å². The normalized spacial score (nSPS) is 16.7. The number of amidine groups is 1. The second kappa shape index (κ2) is 4.01. The lowest BCUT2D eigenvalue weighted by molar-refractivity contribution is -0.137. The van der Waals surface area contributed by atoms with Crippen LogP contribution in [-0.4, -0.2) is 12.4 Å². The molecule has 0 unspecified atom stereocenters. The molecule has 1 heterocycles. The molecule has 1 N–H and O–H groups in total. The molecule has 0 radical (unpaired) electrons. The highest BCUT2D eigenvalue weighted by Gasteiger charge is 2.32. The second-order valence-corrected chi connectivity index (χ2v) is 3.87. The number of anilines is 1.